The van der Waals surface area contributed by atoms with Crippen LogP contribution in [-0.2, 0) is 5.92 Å². The molecule has 0 saturated carbocycles. The molecule has 0 fully saturated rings. The first-order valence-electron chi connectivity index (χ1n) is 10.2. The standard InChI is InChI=1S/C20H7F25/c1-2-7-3-5-8(6-4-7)9(21,22)10(23,24)11(25,26)12(27,28)13(29,30)14(31,32)15(33,34)16(35,36)17(37,38)18(39,40)19(41,42)20(43,44)45/h2-6H,1H2. The van der Waals surface area contributed by atoms with Crippen LogP contribution in [0.5, 0.6) is 0 Å². The maximum Gasteiger partial charge on any atom is 0.460 e. The molecule has 0 aliphatic carbocycles. The van der Waals surface area contributed by atoms with E-state index in [1.165, 1.54) is 0 Å². The smallest absolute Gasteiger partial charge is 0.194 e. The van der Waals surface area contributed by atoms with Crippen LogP contribution in [0.15, 0.2) is 30.8 Å². The lowest BCUT2D eigenvalue weighted by molar-refractivity contribution is -0.482. The van der Waals surface area contributed by atoms with Crippen molar-refractivity contribution in [3.63, 3.8) is 0 Å². The minimum atomic E-state index is -9.60. The number of halogens is 25. The lowest BCUT2D eigenvalue weighted by Crippen LogP contribution is -2.78. The van der Waals surface area contributed by atoms with Gasteiger partial charge in [-0.2, -0.15) is 110 Å². The molecule has 262 valence electrons. The van der Waals surface area contributed by atoms with Crippen molar-refractivity contribution in [3.8, 4) is 0 Å². The van der Waals surface area contributed by atoms with Gasteiger partial charge in [0.05, 0.1) is 0 Å². The molecule has 0 unspecified atom stereocenters. The molecule has 0 spiro atoms. The van der Waals surface area contributed by atoms with Gasteiger partial charge in [-0.3, -0.25) is 0 Å². The topological polar surface area (TPSA) is 0 Å². The number of rotatable bonds is 12. The molecule has 0 heterocycles. The zero-order valence-corrected chi connectivity index (χ0v) is 20.0. The van der Waals surface area contributed by atoms with Crippen LogP contribution < -0.4 is 0 Å². The van der Waals surface area contributed by atoms with Crippen LogP contribution in [0.2, 0.25) is 0 Å². The molecule has 0 amide bonds. The molecule has 0 aliphatic heterocycles. The average Bonchev–Trinajstić information content (AvgIpc) is 2.86. The predicted molar refractivity (Wildman–Crippen MR) is 96.0 cm³/mol. The monoisotopic (exact) mass is 722 g/mol. The highest BCUT2D eigenvalue weighted by atomic mass is 19.4. The summed E-state index contributed by atoms with van der Waals surface area (Å²) in [5.41, 5.74) is -2.88. The highest BCUT2D eigenvalue weighted by Gasteiger charge is 2.99. The fourth-order valence-corrected chi connectivity index (χ4v) is 2.96. The molecule has 0 aliphatic rings. The highest BCUT2D eigenvalue weighted by Crippen LogP contribution is 2.68. The summed E-state index contributed by atoms with van der Waals surface area (Å²) in [7, 11) is 0. The van der Waals surface area contributed by atoms with Crippen molar-refractivity contribution in [1.29, 1.82) is 0 Å². The molecule has 0 bridgehead atoms. The van der Waals surface area contributed by atoms with Gasteiger partial charge in [0.2, 0.25) is 0 Å². The fraction of sp³-hybridized carbons (Fsp3) is 0.600. The minimum Gasteiger partial charge on any atom is -0.194 e. The van der Waals surface area contributed by atoms with Crippen LogP contribution in [0.4, 0.5) is 110 Å². The van der Waals surface area contributed by atoms with Gasteiger partial charge in [-0.25, -0.2) is 0 Å². The van der Waals surface area contributed by atoms with Gasteiger partial charge in [0.1, 0.15) is 0 Å². The lowest BCUT2D eigenvalue weighted by atomic mass is 9.84. The molecule has 25 heteroatoms. The molecular weight excluding hydrogens is 715 g/mol. The molecule has 1 aromatic rings. The van der Waals surface area contributed by atoms with Crippen molar-refractivity contribution in [3.05, 3.63) is 42.0 Å². The van der Waals surface area contributed by atoms with Crippen LogP contribution in [0.1, 0.15) is 11.1 Å². The number of hydrogen-bond donors (Lipinski definition) is 0. The molecule has 0 nitrogen and oxygen atoms in total. The Balaban J connectivity index is 3.91. The van der Waals surface area contributed by atoms with E-state index in [2.05, 4.69) is 6.58 Å². The Morgan fingerprint density at radius 1 is 0.333 bits per heavy atom. The number of benzene rings is 1. The van der Waals surface area contributed by atoms with Gasteiger partial charge < -0.3 is 0 Å². The molecule has 0 aromatic heterocycles. The van der Waals surface area contributed by atoms with Crippen molar-refractivity contribution >= 4 is 6.08 Å². The first kappa shape index (κ1) is 40.2. The maximum atomic E-state index is 14.2. The molecule has 0 radical (unpaired) electrons. The summed E-state index contributed by atoms with van der Waals surface area (Å²) < 4.78 is 337. The van der Waals surface area contributed by atoms with Crippen LogP contribution in [0, 0.1) is 0 Å². The third kappa shape index (κ3) is 4.86. The summed E-state index contributed by atoms with van der Waals surface area (Å²) in [6.45, 7) is 2.98. The fourth-order valence-electron chi connectivity index (χ4n) is 2.96. The number of alkyl halides is 25. The van der Waals surface area contributed by atoms with E-state index in [4.69, 9.17) is 0 Å². The molecule has 0 N–H and O–H groups in total. The van der Waals surface area contributed by atoms with Crippen molar-refractivity contribution in [1.82, 2.24) is 0 Å². The van der Waals surface area contributed by atoms with E-state index in [-0.39, 0.29) is 29.8 Å². The van der Waals surface area contributed by atoms with E-state index in [1.54, 1.807) is 0 Å². The Hall–Kier alpha value is -2.79. The summed E-state index contributed by atoms with van der Waals surface area (Å²) in [4.78, 5) is 0. The van der Waals surface area contributed by atoms with Crippen LogP contribution in [0.25, 0.3) is 6.08 Å². The van der Waals surface area contributed by atoms with E-state index < -0.39 is 76.9 Å². The first-order valence-corrected chi connectivity index (χ1v) is 10.2. The summed E-state index contributed by atoms with van der Waals surface area (Å²) in [5, 5.41) is 0. The van der Waals surface area contributed by atoms with Gasteiger partial charge in [-0.15, -0.1) is 0 Å². The zero-order valence-electron chi connectivity index (χ0n) is 20.0. The van der Waals surface area contributed by atoms with Gasteiger partial charge in [0.15, 0.2) is 0 Å². The van der Waals surface area contributed by atoms with E-state index >= 15 is 0 Å². The molecular formula is C20H7F25. The van der Waals surface area contributed by atoms with Gasteiger partial charge in [0, 0.05) is 5.56 Å². The second-order valence-electron chi connectivity index (χ2n) is 8.64. The molecule has 45 heavy (non-hydrogen) atoms. The second kappa shape index (κ2) is 10.4. The molecule has 0 atom stereocenters. The average molecular weight is 722 g/mol. The van der Waals surface area contributed by atoms with Crippen molar-refractivity contribution in [2.45, 2.75) is 71.3 Å². The van der Waals surface area contributed by atoms with E-state index in [0.29, 0.717) is 0 Å². The molecule has 1 rings (SSSR count). The van der Waals surface area contributed by atoms with Gasteiger partial charge in [-0.1, -0.05) is 36.9 Å². The van der Waals surface area contributed by atoms with Crippen LogP contribution in [-0.4, -0.2) is 65.4 Å². The SMILES string of the molecule is C=Cc1ccc(C(F)(F)C(F)(F)C(F)(F)C(F)(F)C(F)(F)C(F)(F)C(F)(F)C(F)(F)C(F)(F)C(F)(F)C(F)(F)C(F)(F)F)cc1. The second-order valence-corrected chi connectivity index (χ2v) is 8.64. The van der Waals surface area contributed by atoms with Gasteiger partial charge in [0.25, 0.3) is 0 Å². The summed E-state index contributed by atoms with van der Waals surface area (Å²) in [6.07, 6.45) is -7.44. The highest BCUT2D eigenvalue weighted by molar-refractivity contribution is 5.48. The van der Waals surface area contributed by atoms with Crippen LogP contribution in [0.3, 0.4) is 0 Å². The summed E-state index contributed by atoms with van der Waals surface area (Å²) >= 11 is 0. The lowest BCUT2D eigenvalue weighted by Gasteiger charge is -2.45. The van der Waals surface area contributed by atoms with Crippen molar-refractivity contribution in [2.24, 2.45) is 0 Å². The molecule has 1 aromatic carbocycles. The van der Waals surface area contributed by atoms with E-state index in [9.17, 15) is 110 Å². The normalized spacial score (nSPS) is 16.2. The minimum absolute atomic E-state index is 0.270. The quantitative estimate of drug-likeness (QED) is 0.189. The largest absolute Gasteiger partial charge is 0.460 e. The summed E-state index contributed by atoms with van der Waals surface area (Å²) in [6, 6.07) is -0.127. The van der Waals surface area contributed by atoms with Crippen molar-refractivity contribution in [2.75, 3.05) is 0 Å². The Labute approximate surface area is 230 Å². The van der Waals surface area contributed by atoms with Gasteiger partial charge in [-0.05, 0) is 5.56 Å². The third-order valence-electron chi connectivity index (χ3n) is 5.81. The number of hydrogen-bond acceptors (Lipinski definition) is 0. The van der Waals surface area contributed by atoms with Crippen molar-refractivity contribution < 1.29 is 110 Å². The van der Waals surface area contributed by atoms with E-state index in [1.807, 2.05) is 0 Å². The maximum absolute atomic E-state index is 14.2. The van der Waals surface area contributed by atoms with E-state index in [0.717, 1.165) is 6.08 Å². The third-order valence-corrected chi connectivity index (χ3v) is 5.81. The first-order chi connectivity index (χ1) is 19.3. The van der Waals surface area contributed by atoms with Gasteiger partial charge >= 0.3 is 71.3 Å². The van der Waals surface area contributed by atoms with Crippen LogP contribution >= 0.6 is 0 Å². The Kier molecular flexibility index (Phi) is 9.26. The Bertz CT molecular complexity index is 1230. The molecule has 0 saturated heterocycles. The Morgan fingerprint density at radius 2 is 0.556 bits per heavy atom. The predicted octanol–water partition coefficient (Wildman–Crippen LogP) is 10.3. The Morgan fingerprint density at radius 3 is 0.778 bits per heavy atom. The zero-order chi connectivity index (χ0) is 36.7. The summed E-state index contributed by atoms with van der Waals surface area (Å²) in [5.74, 6) is -98.5.